The predicted molar refractivity (Wildman–Crippen MR) is 75.0 cm³/mol. The van der Waals surface area contributed by atoms with E-state index in [9.17, 15) is 4.21 Å². The monoisotopic (exact) mass is 289 g/mol. The van der Waals surface area contributed by atoms with Crippen LogP contribution >= 0.6 is 22.9 Å². The Bertz CT molecular complexity index is 424. The van der Waals surface area contributed by atoms with Gasteiger partial charge in [0.15, 0.2) is 0 Å². The van der Waals surface area contributed by atoms with Crippen LogP contribution in [0.4, 0.5) is 0 Å². The summed E-state index contributed by atoms with van der Waals surface area (Å²) >= 11 is 7.35. The van der Waals surface area contributed by atoms with Gasteiger partial charge in [-0.25, -0.2) is 4.98 Å². The maximum atomic E-state index is 11.7. The zero-order valence-electron chi connectivity index (χ0n) is 9.65. The second-order valence-electron chi connectivity index (χ2n) is 4.40. The molecular weight excluding hydrogens is 274 g/mol. The lowest BCUT2D eigenvalue weighted by atomic mass is 10.1. The first-order valence-electron chi connectivity index (χ1n) is 5.77. The molecule has 2 rings (SSSR count). The normalized spacial score (nSPS) is 18.4. The highest BCUT2D eigenvalue weighted by Gasteiger charge is 2.20. The molecule has 0 unspecified atom stereocenters. The molecule has 0 spiro atoms. The highest BCUT2D eigenvalue weighted by molar-refractivity contribution is 7.84. The lowest BCUT2D eigenvalue weighted by Gasteiger charge is -2.02. The number of hydrogen-bond donors (Lipinski definition) is 0. The van der Waals surface area contributed by atoms with Crippen LogP contribution in [0.15, 0.2) is 17.0 Å². The SMILES string of the molecule is C=C(Cl)C[S@](=O)Cc1csc(C2CCCC2)n1. The summed E-state index contributed by atoms with van der Waals surface area (Å²) in [6.07, 6.45) is 5.15. The molecule has 5 heteroatoms. The maximum absolute atomic E-state index is 11.7. The van der Waals surface area contributed by atoms with Crippen molar-refractivity contribution in [1.82, 2.24) is 4.98 Å². The Morgan fingerprint density at radius 3 is 2.94 bits per heavy atom. The van der Waals surface area contributed by atoms with Crippen molar-refractivity contribution in [1.29, 1.82) is 0 Å². The van der Waals surface area contributed by atoms with Crippen LogP contribution < -0.4 is 0 Å². The number of nitrogens with zero attached hydrogens (tertiary/aromatic N) is 1. The molecule has 2 nitrogen and oxygen atoms in total. The second-order valence-corrected chi connectivity index (χ2v) is 7.29. The van der Waals surface area contributed by atoms with Gasteiger partial charge in [0.25, 0.3) is 0 Å². The standard InChI is InChI=1S/C12H16ClNOS2/c1-9(13)7-17(15)8-11-6-16-12(14-11)10-4-2-3-5-10/h6,10H,1-5,7-8H2/t17-/m0/s1. The third-order valence-electron chi connectivity index (χ3n) is 2.90. The van der Waals surface area contributed by atoms with Gasteiger partial charge in [0.1, 0.15) is 0 Å². The highest BCUT2D eigenvalue weighted by Crippen LogP contribution is 2.35. The van der Waals surface area contributed by atoms with Gasteiger partial charge in [-0.1, -0.05) is 31.0 Å². The van der Waals surface area contributed by atoms with Crippen LogP contribution in [-0.2, 0) is 16.6 Å². The molecule has 17 heavy (non-hydrogen) atoms. The molecular formula is C12H16ClNOS2. The zero-order valence-corrected chi connectivity index (χ0v) is 12.0. The van der Waals surface area contributed by atoms with E-state index in [0.29, 0.717) is 22.5 Å². The first-order valence-corrected chi connectivity index (χ1v) is 8.52. The first kappa shape index (κ1) is 13.2. The minimum atomic E-state index is -0.977. The van der Waals surface area contributed by atoms with E-state index in [4.69, 9.17) is 11.6 Å². The Morgan fingerprint density at radius 2 is 2.29 bits per heavy atom. The van der Waals surface area contributed by atoms with E-state index in [2.05, 4.69) is 11.6 Å². The van der Waals surface area contributed by atoms with Crippen LogP contribution in [-0.4, -0.2) is 14.9 Å². The van der Waals surface area contributed by atoms with E-state index in [1.54, 1.807) is 11.3 Å². The lowest BCUT2D eigenvalue weighted by molar-refractivity contribution is 0.683. The van der Waals surface area contributed by atoms with Crippen molar-refractivity contribution in [2.24, 2.45) is 0 Å². The molecule has 1 aliphatic carbocycles. The fourth-order valence-corrected chi connectivity index (χ4v) is 4.53. The molecule has 1 aromatic heterocycles. The summed E-state index contributed by atoms with van der Waals surface area (Å²) < 4.78 is 11.7. The van der Waals surface area contributed by atoms with E-state index in [1.165, 1.54) is 30.7 Å². The summed E-state index contributed by atoms with van der Waals surface area (Å²) in [4.78, 5) is 4.59. The van der Waals surface area contributed by atoms with E-state index < -0.39 is 10.8 Å². The van der Waals surface area contributed by atoms with Gasteiger partial charge >= 0.3 is 0 Å². The van der Waals surface area contributed by atoms with E-state index >= 15 is 0 Å². The van der Waals surface area contributed by atoms with Crippen molar-refractivity contribution >= 4 is 33.7 Å². The van der Waals surface area contributed by atoms with Gasteiger partial charge in [0.2, 0.25) is 0 Å². The predicted octanol–water partition coefficient (Wildman–Crippen LogP) is 3.80. The minimum Gasteiger partial charge on any atom is -0.259 e. The van der Waals surface area contributed by atoms with Crippen LogP contribution in [0.2, 0.25) is 0 Å². The maximum Gasteiger partial charge on any atom is 0.0959 e. The smallest absolute Gasteiger partial charge is 0.0959 e. The number of thiazole rings is 1. The molecule has 1 aliphatic rings. The Kier molecular flexibility index (Phi) is 4.77. The van der Waals surface area contributed by atoms with Crippen molar-refractivity contribution < 1.29 is 4.21 Å². The second kappa shape index (κ2) is 6.12. The van der Waals surface area contributed by atoms with Crippen LogP contribution in [0, 0.1) is 0 Å². The van der Waals surface area contributed by atoms with E-state index in [1.807, 2.05) is 5.38 Å². The number of halogens is 1. The third-order valence-corrected chi connectivity index (χ3v) is 5.54. The van der Waals surface area contributed by atoms with Crippen LogP contribution in [0.1, 0.15) is 42.3 Å². The van der Waals surface area contributed by atoms with Gasteiger partial charge in [-0.2, -0.15) is 0 Å². The van der Waals surface area contributed by atoms with Crippen molar-refractivity contribution in [2.45, 2.75) is 37.4 Å². The number of aromatic nitrogens is 1. The summed E-state index contributed by atoms with van der Waals surface area (Å²) in [6.45, 7) is 3.56. The molecule has 0 aliphatic heterocycles. The molecule has 0 saturated heterocycles. The molecule has 1 saturated carbocycles. The molecule has 1 atom stereocenters. The van der Waals surface area contributed by atoms with Crippen LogP contribution in [0.5, 0.6) is 0 Å². The Balaban J connectivity index is 1.93. The van der Waals surface area contributed by atoms with Gasteiger partial charge in [-0.3, -0.25) is 4.21 Å². The Hall–Kier alpha value is -0.190. The zero-order chi connectivity index (χ0) is 12.3. The quantitative estimate of drug-likeness (QED) is 0.825. The van der Waals surface area contributed by atoms with Gasteiger partial charge in [-0.15, -0.1) is 11.3 Å². The summed E-state index contributed by atoms with van der Waals surface area (Å²) in [5.74, 6) is 1.50. The molecule has 1 heterocycles. The molecule has 0 amide bonds. The van der Waals surface area contributed by atoms with Crippen molar-refractivity contribution in [3.63, 3.8) is 0 Å². The van der Waals surface area contributed by atoms with Gasteiger partial charge < -0.3 is 0 Å². The van der Waals surface area contributed by atoms with Crippen LogP contribution in [0.25, 0.3) is 0 Å². The molecule has 94 valence electrons. The Labute approximate surface area is 114 Å². The molecule has 0 bridgehead atoms. The number of hydrogen-bond acceptors (Lipinski definition) is 3. The molecule has 1 fully saturated rings. The third kappa shape index (κ3) is 3.90. The fourth-order valence-electron chi connectivity index (χ4n) is 2.14. The van der Waals surface area contributed by atoms with Crippen LogP contribution in [0.3, 0.4) is 0 Å². The van der Waals surface area contributed by atoms with E-state index in [0.717, 1.165) is 5.69 Å². The first-order chi connectivity index (χ1) is 8.15. The van der Waals surface area contributed by atoms with Gasteiger partial charge in [0.05, 0.1) is 22.2 Å². The molecule has 0 aromatic carbocycles. The summed E-state index contributed by atoms with van der Waals surface area (Å²) in [5.41, 5.74) is 0.938. The van der Waals surface area contributed by atoms with Gasteiger partial charge in [-0.05, 0) is 12.8 Å². The molecule has 0 radical (unpaired) electrons. The Morgan fingerprint density at radius 1 is 1.59 bits per heavy atom. The topological polar surface area (TPSA) is 30.0 Å². The molecule has 1 aromatic rings. The fraction of sp³-hybridized carbons (Fsp3) is 0.583. The summed E-state index contributed by atoms with van der Waals surface area (Å²) in [7, 11) is -0.977. The van der Waals surface area contributed by atoms with Gasteiger partial charge in [0, 0.05) is 27.1 Å². The number of rotatable bonds is 5. The average Bonchev–Trinajstić information content (AvgIpc) is 2.84. The largest absolute Gasteiger partial charge is 0.259 e. The van der Waals surface area contributed by atoms with Crippen molar-refractivity contribution in [3.8, 4) is 0 Å². The molecule has 0 N–H and O–H groups in total. The summed E-state index contributed by atoms with van der Waals surface area (Å²) in [6, 6.07) is 0. The van der Waals surface area contributed by atoms with E-state index in [-0.39, 0.29) is 0 Å². The minimum absolute atomic E-state index is 0.359. The highest BCUT2D eigenvalue weighted by atomic mass is 35.5. The lowest BCUT2D eigenvalue weighted by Crippen LogP contribution is -2.01. The average molecular weight is 290 g/mol. The summed E-state index contributed by atoms with van der Waals surface area (Å²) in [5, 5.41) is 3.71. The van der Waals surface area contributed by atoms with Crippen molar-refractivity contribution in [3.05, 3.63) is 27.7 Å². The van der Waals surface area contributed by atoms with Crippen molar-refractivity contribution in [2.75, 3.05) is 5.75 Å².